The average Bonchev–Trinajstić information content (AvgIpc) is 3.05. The van der Waals surface area contributed by atoms with Gasteiger partial charge in [0.15, 0.2) is 11.5 Å². The molecule has 0 unspecified atom stereocenters. The lowest BCUT2D eigenvalue weighted by molar-refractivity contribution is -0.120. The van der Waals surface area contributed by atoms with Gasteiger partial charge in [0, 0.05) is 11.1 Å². The van der Waals surface area contributed by atoms with Crippen LogP contribution in [-0.2, 0) is 10.2 Å². The number of methoxy groups -OCH3 is 1. The number of nitrogens with one attached hydrogen (secondary N) is 1. The summed E-state index contributed by atoms with van der Waals surface area (Å²) < 4.78 is 16.1. The van der Waals surface area contributed by atoms with Crippen molar-refractivity contribution >= 4 is 23.2 Å². The third-order valence-electron chi connectivity index (χ3n) is 4.39. The van der Waals surface area contributed by atoms with Gasteiger partial charge in [-0.1, -0.05) is 17.7 Å². The Bertz CT molecular complexity index is 832. The SMILES string of the molecule is COc1cc(Cl)c(C)cc1NC(=O)C(C)(C)c1ccc2c(c1)OCO2. The third kappa shape index (κ3) is 3.24. The summed E-state index contributed by atoms with van der Waals surface area (Å²) in [6.07, 6.45) is 0. The lowest BCUT2D eigenvalue weighted by Gasteiger charge is -2.25. The number of anilines is 1. The van der Waals surface area contributed by atoms with E-state index in [4.69, 9.17) is 25.8 Å². The molecule has 2 aromatic carbocycles. The second-order valence-electron chi connectivity index (χ2n) is 6.45. The number of fused-ring (bicyclic) bond motifs is 1. The predicted octanol–water partition coefficient (Wildman–Crippen LogP) is 4.30. The standard InChI is InChI=1S/C19H20ClNO4/c1-11-7-14(16(23-4)9-13(11)20)21-18(22)19(2,3)12-5-6-15-17(8-12)25-10-24-15/h5-9H,10H2,1-4H3,(H,21,22). The maximum Gasteiger partial charge on any atom is 0.234 e. The zero-order valence-electron chi connectivity index (χ0n) is 14.6. The van der Waals surface area contributed by atoms with Gasteiger partial charge in [-0.3, -0.25) is 4.79 Å². The Labute approximate surface area is 151 Å². The lowest BCUT2D eigenvalue weighted by atomic mass is 9.83. The first-order chi connectivity index (χ1) is 11.8. The number of carbonyl (C=O) groups is 1. The van der Waals surface area contributed by atoms with Crippen molar-refractivity contribution in [1.29, 1.82) is 0 Å². The van der Waals surface area contributed by atoms with Gasteiger partial charge < -0.3 is 19.5 Å². The molecule has 1 amide bonds. The second-order valence-corrected chi connectivity index (χ2v) is 6.86. The summed E-state index contributed by atoms with van der Waals surface area (Å²) in [5, 5.41) is 3.53. The van der Waals surface area contributed by atoms with Gasteiger partial charge in [-0.25, -0.2) is 0 Å². The molecule has 5 nitrogen and oxygen atoms in total. The molecule has 1 aliphatic heterocycles. The van der Waals surface area contributed by atoms with E-state index in [0.717, 1.165) is 11.1 Å². The van der Waals surface area contributed by atoms with E-state index in [1.807, 2.05) is 39.0 Å². The van der Waals surface area contributed by atoms with Gasteiger partial charge in [-0.15, -0.1) is 0 Å². The first-order valence-corrected chi connectivity index (χ1v) is 8.26. The fourth-order valence-electron chi connectivity index (χ4n) is 2.62. The van der Waals surface area contributed by atoms with Crippen molar-refractivity contribution < 1.29 is 19.0 Å². The Balaban J connectivity index is 1.88. The minimum atomic E-state index is -0.778. The van der Waals surface area contributed by atoms with Crippen LogP contribution in [0.4, 0.5) is 5.69 Å². The highest BCUT2D eigenvalue weighted by Crippen LogP contribution is 2.38. The topological polar surface area (TPSA) is 56.8 Å². The van der Waals surface area contributed by atoms with Crippen molar-refractivity contribution in [3.8, 4) is 17.2 Å². The molecule has 0 radical (unpaired) electrons. The van der Waals surface area contributed by atoms with E-state index >= 15 is 0 Å². The minimum absolute atomic E-state index is 0.161. The normalized spacial score (nSPS) is 12.8. The largest absolute Gasteiger partial charge is 0.495 e. The quantitative estimate of drug-likeness (QED) is 0.882. The second kappa shape index (κ2) is 6.48. The monoisotopic (exact) mass is 361 g/mol. The highest BCUT2D eigenvalue weighted by atomic mass is 35.5. The number of aryl methyl sites for hydroxylation is 1. The molecule has 6 heteroatoms. The van der Waals surface area contributed by atoms with E-state index in [-0.39, 0.29) is 12.7 Å². The summed E-state index contributed by atoms with van der Waals surface area (Å²) >= 11 is 6.12. The van der Waals surface area contributed by atoms with Gasteiger partial charge in [0.05, 0.1) is 18.2 Å². The number of hydrogen-bond donors (Lipinski definition) is 1. The van der Waals surface area contributed by atoms with Gasteiger partial charge in [-0.05, 0) is 50.1 Å². The summed E-state index contributed by atoms with van der Waals surface area (Å²) in [4.78, 5) is 12.9. The van der Waals surface area contributed by atoms with Crippen molar-refractivity contribution in [3.05, 3.63) is 46.5 Å². The zero-order chi connectivity index (χ0) is 18.2. The van der Waals surface area contributed by atoms with Gasteiger partial charge in [0.2, 0.25) is 12.7 Å². The first kappa shape index (κ1) is 17.4. The van der Waals surface area contributed by atoms with Gasteiger partial charge in [0.1, 0.15) is 5.75 Å². The summed E-state index contributed by atoms with van der Waals surface area (Å²) in [6, 6.07) is 9.03. The molecule has 1 heterocycles. The fraction of sp³-hybridized carbons (Fsp3) is 0.316. The zero-order valence-corrected chi connectivity index (χ0v) is 15.4. The molecular weight excluding hydrogens is 342 g/mol. The third-order valence-corrected chi connectivity index (χ3v) is 4.80. The Morgan fingerprint density at radius 2 is 1.92 bits per heavy atom. The molecule has 0 spiro atoms. The lowest BCUT2D eigenvalue weighted by Crippen LogP contribution is -2.34. The Morgan fingerprint density at radius 3 is 2.64 bits per heavy atom. The van der Waals surface area contributed by atoms with Crippen LogP contribution >= 0.6 is 11.6 Å². The Morgan fingerprint density at radius 1 is 1.20 bits per heavy atom. The van der Waals surface area contributed by atoms with E-state index < -0.39 is 5.41 Å². The molecule has 25 heavy (non-hydrogen) atoms. The number of carbonyl (C=O) groups excluding carboxylic acids is 1. The minimum Gasteiger partial charge on any atom is -0.495 e. The molecule has 0 fully saturated rings. The Kier molecular flexibility index (Phi) is 4.52. The van der Waals surface area contributed by atoms with Crippen molar-refractivity contribution in [2.75, 3.05) is 19.2 Å². The number of ether oxygens (including phenoxy) is 3. The first-order valence-electron chi connectivity index (χ1n) is 7.88. The van der Waals surface area contributed by atoms with Crippen LogP contribution in [0.1, 0.15) is 25.0 Å². The van der Waals surface area contributed by atoms with E-state index in [0.29, 0.717) is 28.0 Å². The fourth-order valence-corrected chi connectivity index (χ4v) is 2.78. The van der Waals surface area contributed by atoms with Gasteiger partial charge in [0.25, 0.3) is 0 Å². The number of amides is 1. The summed E-state index contributed by atoms with van der Waals surface area (Å²) in [6.45, 7) is 5.79. The molecular formula is C19H20ClNO4. The molecule has 0 aromatic heterocycles. The molecule has 0 atom stereocenters. The van der Waals surface area contributed by atoms with Crippen LogP contribution in [0.2, 0.25) is 5.02 Å². The van der Waals surface area contributed by atoms with Crippen LogP contribution in [0, 0.1) is 6.92 Å². The van der Waals surface area contributed by atoms with Crippen molar-refractivity contribution in [1.82, 2.24) is 0 Å². The average molecular weight is 362 g/mol. The molecule has 132 valence electrons. The summed E-state index contributed by atoms with van der Waals surface area (Å²) in [5.74, 6) is 1.70. The molecule has 1 N–H and O–H groups in total. The van der Waals surface area contributed by atoms with Crippen LogP contribution in [0.5, 0.6) is 17.2 Å². The highest BCUT2D eigenvalue weighted by molar-refractivity contribution is 6.31. The number of rotatable bonds is 4. The van der Waals surface area contributed by atoms with E-state index in [1.165, 1.54) is 0 Å². The maximum absolute atomic E-state index is 12.9. The molecule has 1 aliphatic rings. The molecule has 2 aromatic rings. The van der Waals surface area contributed by atoms with E-state index in [9.17, 15) is 4.79 Å². The number of benzene rings is 2. The van der Waals surface area contributed by atoms with Crippen molar-refractivity contribution in [2.24, 2.45) is 0 Å². The number of hydrogen-bond acceptors (Lipinski definition) is 4. The smallest absolute Gasteiger partial charge is 0.234 e. The van der Waals surface area contributed by atoms with Crippen LogP contribution in [0.15, 0.2) is 30.3 Å². The molecule has 0 saturated carbocycles. The molecule has 0 bridgehead atoms. The van der Waals surface area contributed by atoms with Crippen LogP contribution in [-0.4, -0.2) is 19.8 Å². The van der Waals surface area contributed by atoms with Crippen LogP contribution < -0.4 is 19.5 Å². The number of halogens is 1. The molecule has 0 saturated heterocycles. The summed E-state index contributed by atoms with van der Waals surface area (Å²) in [5.41, 5.74) is 1.50. The van der Waals surface area contributed by atoms with Gasteiger partial charge in [-0.2, -0.15) is 0 Å². The summed E-state index contributed by atoms with van der Waals surface area (Å²) in [7, 11) is 1.54. The maximum atomic E-state index is 12.9. The molecule has 3 rings (SSSR count). The van der Waals surface area contributed by atoms with Crippen molar-refractivity contribution in [2.45, 2.75) is 26.2 Å². The molecule has 0 aliphatic carbocycles. The predicted molar refractivity (Wildman–Crippen MR) is 97.0 cm³/mol. The van der Waals surface area contributed by atoms with E-state index in [1.54, 1.807) is 19.2 Å². The van der Waals surface area contributed by atoms with Crippen LogP contribution in [0.3, 0.4) is 0 Å². The van der Waals surface area contributed by atoms with E-state index in [2.05, 4.69) is 5.32 Å². The van der Waals surface area contributed by atoms with Crippen LogP contribution in [0.25, 0.3) is 0 Å². The van der Waals surface area contributed by atoms with Crippen molar-refractivity contribution in [3.63, 3.8) is 0 Å². The Hall–Kier alpha value is -2.40. The van der Waals surface area contributed by atoms with Gasteiger partial charge >= 0.3 is 0 Å². The highest BCUT2D eigenvalue weighted by Gasteiger charge is 2.32.